The fourth-order valence-electron chi connectivity index (χ4n) is 1.38. The van der Waals surface area contributed by atoms with Gasteiger partial charge in [-0.15, -0.1) is 0 Å². The Morgan fingerprint density at radius 2 is 2.12 bits per heavy atom. The SMILES string of the molecule is COc1nc(C)cc(N[C@@H](C(=O)O)C(C)C)n1. The van der Waals surface area contributed by atoms with Crippen molar-refractivity contribution in [3.63, 3.8) is 0 Å². The van der Waals surface area contributed by atoms with E-state index in [0.717, 1.165) is 0 Å². The zero-order chi connectivity index (χ0) is 13.0. The number of carboxylic acid groups (broad SMARTS) is 1. The van der Waals surface area contributed by atoms with Crippen LogP contribution in [0.4, 0.5) is 5.82 Å². The van der Waals surface area contributed by atoms with Crippen molar-refractivity contribution in [2.75, 3.05) is 12.4 Å². The molecule has 0 spiro atoms. The van der Waals surface area contributed by atoms with E-state index >= 15 is 0 Å². The minimum Gasteiger partial charge on any atom is -0.480 e. The van der Waals surface area contributed by atoms with Crippen LogP contribution in [0.2, 0.25) is 0 Å². The van der Waals surface area contributed by atoms with Crippen molar-refractivity contribution < 1.29 is 14.6 Å². The molecule has 0 unspecified atom stereocenters. The van der Waals surface area contributed by atoms with Crippen molar-refractivity contribution in [1.29, 1.82) is 0 Å². The molecule has 0 aliphatic heterocycles. The fourth-order valence-corrected chi connectivity index (χ4v) is 1.38. The van der Waals surface area contributed by atoms with Gasteiger partial charge in [0.2, 0.25) is 0 Å². The molecule has 0 radical (unpaired) electrons. The van der Waals surface area contributed by atoms with Crippen LogP contribution >= 0.6 is 0 Å². The molecule has 1 aromatic rings. The van der Waals surface area contributed by atoms with Crippen molar-refractivity contribution in [2.45, 2.75) is 26.8 Å². The van der Waals surface area contributed by atoms with Crippen LogP contribution in [0.1, 0.15) is 19.5 Å². The number of carboxylic acids is 1. The summed E-state index contributed by atoms with van der Waals surface area (Å²) in [7, 11) is 1.47. The Morgan fingerprint density at radius 1 is 1.47 bits per heavy atom. The van der Waals surface area contributed by atoms with Crippen LogP contribution in [0, 0.1) is 12.8 Å². The van der Waals surface area contributed by atoms with E-state index in [0.29, 0.717) is 11.5 Å². The number of anilines is 1. The molecule has 6 nitrogen and oxygen atoms in total. The van der Waals surface area contributed by atoms with E-state index in [1.165, 1.54) is 7.11 Å². The van der Waals surface area contributed by atoms with Crippen molar-refractivity contribution in [3.8, 4) is 6.01 Å². The number of ether oxygens (including phenoxy) is 1. The van der Waals surface area contributed by atoms with Gasteiger partial charge in [0.1, 0.15) is 11.9 Å². The van der Waals surface area contributed by atoms with Crippen molar-refractivity contribution >= 4 is 11.8 Å². The maximum atomic E-state index is 11.0. The molecule has 0 saturated heterocycles. The second-order valence-corrected chi connectivity index (χ2v) is 4.09. The van der Waals surface area contributed by atoms with Gasteiger partial charge < -0.3 is 15.2 Å². The van der Waals surface area contributed by atoms with Crippen LogP contribution in [0.25, 0.3) is 0 Å². The van der Waals surface area contributed by atoms with Gasteiger partial charge in [-0.2, -0.15) is 4.98 Å². The van der Waals surface area contributed by atoms with Gasteiger partial charge in [-0.25, -0.2) is 9.78 Å². The number of aliphatic carboxylic acids is 1. The van der Waals surface area contributed by atoms with Gasteiger partial charge in [-0.3, -0.25) is 0 Å². The Hall–Kier alpha value is -1.85. The molecule has 0 fully saturated rings. The Morgan fingerprint density at radius 3 is 2.59 bits per heavy atom. The lowest BCUT2D eigenvalue weighted by molar-refractivity contribution is -0.138. The van der Waals surface area contributed by atoms with Crippen molar-refractivity contribution in [3.05, 3.63) is 11.8 Å². The highest BCUT2D eigenvalue weighted by atomic mass is 16.5. The number of hydrogen-bond acceptors (Lipinski definition) is 5. The number of nitrogens with zero attached hydrogens (tertiary/aromatic N) is 2. The first-order valence-electron chi connectivity index (χ1n) is 5.33. The smallest absolute Gasteiger partial charge is 0.326 e. The molecule has 2 N–H and O–H groups in total. The quantitative estimate of drug-likeness (QED) is 0.806. The van der Waals surface area contributed by atoms with Crippen LogP contribution in [0.5, 0.6) is 6.01 Å². The summed E-state index contributed by atoms with van der Waals surface area (Å²) in [4.78, 5) is 19.1. The predicted molar refractivity (Wildman–Crippen MR) is 63.2 cm³/mol. The molecule has 1 atom stereocenters. The minimum absolute atomic E-state index is 0.0474. The average molecular weight is 239 g/mol. The number of aromatic nitrogens is 2. The Labute approximate surface area is 100 Å². The summed E-state index contributed by atoms with van der Waals surface area (Å²) in [6, 6.07) is 1.22. The van der Waals surface area contributed by atoms with E-state index in [4.69, 9.17) is 9.84 Å². The van der Waals surface area contributed by atoms with Crippen LogP contribution in [-0.2, 0) is 4.79 Å². The highest BCUT2D eigenvalue weighted by molar-refractivity contribution is 5.77. The van der Waals surface area contributed by atoms with Gasteiger partial charge in [0, 0.05) is 11.8 Å². The molecule has 1 aromatic heterocycles. The third-order valence-corrected chi connectivity index (χ3v) is 2.25. The number of hydrogen-bond donors (Lipinski definition) is 2. The van der Waals surface area contributed by atoms with Crippen molar-refractivity contribution in [2.24, 2.45) is 5.92 Å². The zero-order valence-corrected chi connectivity index (χ0v) is 10.4. The summed E-state index contributed by atoms with van der Waals surface area (Å²) in [6.07, 6.45) is 0. The van der Waals surface area contributed by atoms with Gasteiger partial charge in [-0.1, -0.05) is 13.8 Å². The maximum Gasteiger partial charge on any atom is 0.326 e. The lowest BCUT2D eigenvalue weighted by atomic mass is 10.1. The molecule has 0 bridgehead atoms. The molecule has 0 saturated carbocycles. The fraction of sp³-hybridized carbons (Fsp3) is 0.545. The van der Waals surface area contributed by atoms with E-state index < -0.39 is 12.0 Å². The number of carbonyl (C=O) groups is 1. The van der Waals surface area contributed by atoms with Gasteiger partial charge in [0.15, 0.2) is 0 Å². The molecular weight excluding hydrogens is 222 g/mol. The van der Waals surface area contributed by atoms with E-state index in [1.807, 2.05) is 13.8 Å². The van der Waals surface area contributed by atoms with Gasteiger partial charge in [-0.05, 0) is 12.8 Å². The molecule has 6 heteroatoms. The molecule has 0 aliphatic rings. The second-order valence-electron chi connectivity index (χ2n) is 4.09. The molecule has 94 valence electrons. The first-order chi connectivity index (χ1) is 7.93. The van der Waals surface area contributed by atoms with Crippen LogP contribution < -0.4 is 10.1 Å². The molecule has 0 amide bonds. The lowest BCUT2D eigenvalue weighted by Crippen LogP contribution is -2.34. The number of rotatable bonds is 5. The predicted octanol–water partition coefficient (Wildman–Crippen LogP) is 1.31. The summed E-state index contributed by atoms with van der Waals surface area (Å²) in [5.41, 5.74) is 0.715. The number of nitrogens with one attached hydrogen (secondary N) is 1. The molecule has 0 aliphatic carbocycles. The van der Waals surface area contributed by atoms with E-state index in [-0.39, 0.29) is 11.9 Å². The molecule has 17 heavy (non-hydrogen) atoms. The summed E-state index contributed by atoms with van der Waals surface area (Å²) < 4.78 is 4.93. The van der Waals surface area contributed by atoms with Gasteiger partial charge in [0.25, 0.3) is 0 Å². The number of methoxy groups -OCH3 is 1. The second kappa shape index (κ2) is 5.47. The Balaban J connectivity index is 2.93. The summed E-state index contributed by atoms with van der Waals surface area (Å²) >= 11 is 0. The Bertz CT molecular complexity index is 407. The molecule has 1 heterocycles. The topological polar surface area (TPSA) is 84.3 Å². The lowest BCUT2D eigenvalue weighted by Gasteiger charge is -2.18. The Kier molecular flexibility index (Phi) is 4.25. The largest absolute Gasteiger partial charge is 0.480 e. The highest BCUT2D eigenvalue weighted by Crippen LogP contribution is 2.14. The maximum absolute atomic E-state index is 11.0. The molecule has 0 aromatic carbocycles. The van der Waals surface area contributed by atoms with E-state index in [9.17, 15) is 4.79 Å². The standard InChI is InChI=1S/C11H17N3O3/c1-6(2)9(10(15)16)13-8-5-7(3)12-11(14-8)17-4/h5-6,9H,1-4H3,(H,15,16)(H,12,13,14)/t9-/m1/s1. The number of aryl methyl sites for hydroxylation is 1. The van der Waals surface area contributed by atoms with Crippen LogP contribution in [-0.4, -0.2) is 34.2 Å². The van der Waals surface area contributed by atoms with Crippen LogP contribution in [0.3, 0.4) is 0 Å². The third-order valence-electron chi connectivity index (χ3n) is 2.25. The van der Waals surface area contributed by atoms with Crippen LogP contribution in [0.15, 0.2) is 6.07 Å². The first-order valence-corrected chi connectivity index (χ1v) is 5.33. The minimum atomic E-state index is -0.907. The zero-order valence-electron chi connectivity index (χ0n) is 10.4. The van der Waals surface area contributed by atoms with Crippen molar-refractivity contribution in [1.82, 2.24) is 9.97 Å². The highest BCUT2D eigenvalue weighted by Gasteiger charge is 2.21. The summed E-state index contributed by atoms with van der Waals surface area (Å²) in [5, 5.41) is 11.9. The van der Waals surface area contributed by atoms with E-state index in [1.54, 1.807) is 13.0 Å². The van der Waals surface area contributed by atoms with Gasteiger partial charge >= 0.3 is 12.0 Å². The first kappa shape index (κ1) is 13.2. The normalized spacial score (nSPS) is 12.3. The van der Waals surface area contributed by atoms with E-state index in [2.05, 4.69) is 15.3 Å². The molecule has 1 rings (SSSR count). The van der Waals surface area contributed by atoms with Gasteiger partial charge in [0.05, 0.1) is 7.11 Å². The monoisotopic (exact) mass is 239 g/mol. The summed E-state index contributed by atoms with van der Waals surface area (Å²) in [6.45, 7) is 5.45. The molecular formula is C11H17N3O3. The average Bonchev–Trinajstić information content (AvgIpc) is 2.24. The third kappa shape index (κ3) is 3.58. The summed E-state index contributed by atoms with van der Waals surface area (Å²) in [5.74, 6) is -0.501.